The standard InChI is InChI=1S/C26H25N3O4/c1-3-26(30)33-27-22(16-19-11-5-4-10-18(19)2)21-17-28(23-13-7-6-12-20(21)23)24-14-8-9-15-25(24)29(31)32/h4-15,17-19H,3,16H2,1-2H3/b27-22+. The molecule has 168 valence electrons. The first-order valence-electron chi connectivity index (χ1n) is 11.0. The van der Waals surface area contributed by atoms with Crippen LogP contribution in [-0.2, 0) is 9.63 Å². The van der Waals surface area contributed by atoms with Gasteiger partial charge in [0.1, 0.15) is 5.69 Å². The molecule has 0 radical (unpaired) electrons. The maximum atomic E-state index is 11.9. The molecule has 0 fully saturated rings. The van der Waals surface area contributed by atoms with Gasteiger partial charge >= 0.3 is 5.97 Å². The normalized spacial score (nSPS) is 17.9. The summed E-state index contributed by atoms with van der Waals surface area (Å²) in [4.78, 5) is 28.4. The molecule has 33 heavy (non-hydrogen) atoms. The van der Waals surface area contributed by atoms with Crippen molar-refractivity contribution in [1.82, 2.24) is 4.57 Å². The van der Waals surface area contributed by atoms with Gasteiger partial charge in [0.25, 0.3) is 5.69 Å². The quantitative estimate of drug-likeness (QED) is 0.195. The molecule has 0 amide bonds. The van der Waals surface area contributed by atoms with Crippen LogP contribution in [0.2, 0.25) is 0 Å². The Morgan fingerprint density at radius 1 is 1.12 bits per heavy atom. The maximum absolute atomic E-state index is 11.9. The van der Waals surface area contributed by atoms with E-state index in [1.807, 2.05) is 42.6 Å². The Bertz CT molecular complexity index is 1290. The highest BCUT2D eigenvalue weighted by Crippen LogP contribution is 2.32. The second-order valence-electron chi connectivity index (χ2n) is 8.03. The van der Waals surface area contributed by atoms with Crippen LogP contribution in [0.3, 0.4) is 0 Å². The lowest BCUT2D eigenvalue weighted by atomic mass is 9.84. The van der Waals surface area contributed by atoms with Crippen LogP contribution < -0.4 is 0 Å². The van der Waals surface area contributed by atoms with Gasteiger partial charge in [-0.05, 0) is 24.0 Å². The Morgan fingerprint density at radius 2 is 1.85 bits per heavy atom. The van der Waals surface area contributed by atoms with Gasteiger partial charge < -0.3 is 9.40 Å². The summed E-state index contributed by atoms with van der Waals surface area (Å²) < 4.78 is 1.81. The molecule has 0 saturated heterocycles. The van der Waals surface area contributed by atoms with Crippen LogP contribution in [0.4, 0.5) is 5.69 Å². The van der Waals surface area contributed by atoms with Gasteiger partial charge in [0.05, 0.1) is 16.2 Å². The first-order valence-corrected chi connectivity index (χ1v) is 11.0. The SMILES string of the molecule is CCC(=O)O/N=C(\CC1C=CC=CC1C)c1cn(-c2ccccc2[N+](=O)[O-])c2ccccc12. The molecular formula is C26H25N3O4. The number of carbonyl (C=O) groups excluding carboxylic acids is 1. The van der Waals surface area contributed by atoms with Gasteiger partial charge in [-0.25, -0.2) is 4.79 Å². The molecule has 1 aliphatic rings. The molecule has 0 spiro atoms. The fourth-order valence-corrected chi connectivity index (χ4v) is 4.04. The molecule has 1 aromatic heterocycles. The van der Waals surface area contributed by atoms with E-state index in [0.717, 1.165) is 16.5 Å². The molecule has 4 rings (SSSR count). The zero-order valence-corrected chi connectivity index (χ0v) is 18.5. The van der Waals surface area contributed by atoms with Crippen molar-refractivity contribution >= 4 is 28.3 Å². The fraction of sp³-hybridized carbons (Fsp3) is 0.231. The van der Waals surface area contributed by atoms with Crippen molar-refractivity contribution in [3.63, 3.8) is 0 Å². The lowest BCUT2D eigenvalue weighted by Gasteiger charge is -2.20. The average Bonchev–Trinajstić information content (AvgIpc) is 3.22. The third kappa shape index (κ3) is 4.62. The van der Waals surface area contributed by atoms with Gasteiger partial charge in [0.15, 0.2) is 0 Å². The number of hydrogen-bond acceptors (Lipinski definition) is 5. The predicted octanol–water partition coefficient (Wildman–Crippen LogP) is 5.96. The Kier molecular flexibility index (Phi) is 6.49. The summed E-state index contributed by atoms with van der Waals surface area (Å²) in [5, 5.41) is 16.8. The number of fused-ring (bicyclic) bond motifs is 1. The molecule has 7 heteroatoms. The minimum Gasteiger partial charge on any atom is -0.318 e. The first kappa shape index (κ1) is 22.2. The molecular weight excluding hydrogens is 418 g/mol. The minimum atomic E-state index is -0.415. The number of nitrogens with zero attached hydrogens (tertiary/aromatic N) is 3. The summed E-state index contributed by atoms with van der Waals surface area (Å²) >= 11 is 0. The fourth-order valence-electron chi connectivity index (χ4n) is 4.04. The molecule has 2 aromatic carbocycles. The van der Waals surface area contributed by atoms with Crippen molar-refractivity contribution in [2.75, 3.05) is 0 Å². The van der Waals surface area contributed by atoms with Crippen LogP contribution in [-0.4, -0.2) is 21.2 Å². The highest BCUT2D eigenvalue weighted by Gasteiger charge is 2.24. The van der Waals surface area contributed by atoms with Crippen LogP contribution in [0, 0.1) is 22.0 Å². The van der Waals surface area contributed by atoms with Crippen molar-refractivity contribution in [1.29, 1.82) is 0 Å². The van der Waals surface area contributed by atoms with E-state index >= 15 is 0 Å². The van der Waals surface area contributed by atoms with E-state index < -0.39 is 5.97 Å². The first-order chi connectivity index (χ1) is 16.0. The lowest BCUT2D eigenvalue weighted by molar-refractivity contribution is -0.384. The second-order valence-corrected chi connectivity index (χ2v) is 8.03. The maximum Gasteiger partial charge on any atom is 0.334 e. The molecule has 3 aromatic rings. The number of para-hydroxylation sites is 3. The van der Waals surface area contributed by atoms with E-state index in [2.05, 4.69) is 24.2 Å². The third-order valence-corrected chi connectivity index (χ3v) is 5.90. The second kappa shape index (κ2) is 9.65. The molecule has 0 aliphatic heterocycles. The molecule has 1 aliphatic carbocycles. The number of hydrogen-bond donors (Lipinski definition) is 0. The van der Waals surface area contributed by atoms with Gasteiger partial charge in [-0.2, -0.15) is 0 Å². The number of aromatic nitrogens is 1. The van der Waals surface area contributed by atoms with Crippen molar-refractivity contribution in [3.8, 4) is 5.69 Å². The number of nitro benzene ring substituents is 1. The highest BCUT2D eigenvalue weighted by molar-refractivity contribution is 6.11. The minimum absolute atomic E-state index is 0.00896. The summed E-state index contributed by atoms with van der Waals surface area (Å²) in [7, 11) is 0. The van der Waals surface area contributed by atoms with Crippen molar-refractivity contribution in [2.45, 2.75) is 26.7 Å². The topological polar surface area (TPSA) is 86.7 Å². The van der Waals surface area contributed by atoms with Crippen molar-refractivity contribution < 1.29 is 14.6 Å². The third-order valence-electron chi connectivity index (χ3n) is 5.90. The summed E-state index contributed by atoms with van der Waals surface area (Å²) in [5.41, 5.74) is 2.69. The van der Waals surface area contributed by atoms with E-state index in [0.29, 0.717) is 23.7 Å². The molecule has 1 heterocycles. The van der Waals surface area contributed by atoms with E-state index in [1.165, 1.54) is 6.07 Å². The smallest absolute Gasteiger partial charge is 0.318 e. The molecule has 0 saturated carbocycles. The van der Waals surface area contributed by atoms with Crippen LogP contribution >= 0.6 is 0 Å². The Labute approximate surface area is 191 Å². The number of nitro groups is 1. The number of allylic oxidation sites excluding steroid dienone is 4. The molecule has 0 N–H and O–H groups in total. The van der Waals surface area contributed by atoms with Crippen LogP contribution in [0.5, 0.6) is 0 Å². The predicted molar refractivity (Wildman–Crippen MR) is 128 cm³/mol. The number of carbonyl (C=O) groups is 1. The van der Waals surface area contributed by atoms with Gasteiger partial charge in [0.2, 0.25) is 0 Å². The monoisotopic (exact) mass is 443 g/mol. The van der Waals surface area contributed by atoms with Crippen LogP contribution in [0.15, 0.2) is 84.2 Å². The summed E-state index contributed by atoms with van der Waals surface area (Å²) in [6, 6.07) is 14.3. The molecule has 2 atom stereocenters. The molecule has 7 nitrogen and oxygen atoms in total. The molecule has 0 bridgehead atoms. The summed E-state index contributed by atoms with van der Waals surface area (Å²) in [5.74, 6) is 0.0648. The van der Waals surface area contributed by atoms with E-state index in [9.17, 15) is 14.9 Å². The average molecular weight is 444 g/mol. The number of rotatable bonds is 7. The Hall–Kier alpha value is -4.00. The van der Waals surface area contributed by atoms with Gasteiger partial charge in [0, 0.05) is 36.1 Å². The Morgan fingerprint density at radius 3 is 2.61 bits per heavy atom. The molecule has 2 unspecified atom stereocenters. The van der Waals surface area contributed by atoms with Crippen molar-refractivity contribution in [3.05, 3.63) is 94.7 Å². The van der Waals surface area contributed by atoms with E-state index in [-0.39, 0.29) is 22.9 Å². The van der Waals surface area contributed by atoms with Crippen LogP contribution in [0.1, 0.15) is 32.3 Å². The zero-order chi connectivity index (χ0) is 23.4. The Balaban J connectivity index is 1.87. The summed E-state index contributed by atoms with van der Waals surface area (Å²) in [6.07, 6.45) is 10.9. The number of oxime groups is 1. The largest absolute Gasteiger partial charge is 0.334 e. The lowest BCUT2D eigenvalue weighted by Crippen LogP contribution is -2.16. The van der Waals surface area contributed by atoms with Crippen molar-refractivity contribution in [2.24, 2.45) is 17.0 Å². The van der Waals surface area contributed by atoms with E-state index in [4.69, 9.17) is 4.84 Å². The summed E-state index contributed by atoms with van der Waals surface area (Å²) in [6.45, 7) is 3.85. The zero-order valence-electron chi connectivity index (χ0n) is 18.5. The van der Waals surface area contributed by atoms with Gasteiger partial charge in [-0.3, -0.25) is 10.1 Å². The van der Waals surface area contributed by atoms with Gasteiger partial charge in [-0.15, -0.1) is 0 Å². The van der Waals surface area contributed by atoms with Crippen LogP contribution in [0.25, 0.3) is 16.6 Å². The number of benzene rings is 2. The van der Waals surface area contributed by atoms with Gasteiger partial charge in [-0.1, -0.05) is 73.6 Å². The van der Waals surface area contributed by atoms with E-state index in [1.54, 1.807) is 29.7 Å². The highest BCUT2D eigenvalue weighted by atomic mass is 16.7.